The molecular weight excluding hydrogens is 221 g/mol. The maximum Gasteiger partial charge on any atom is 0.241 e. The zero-order valence-electron chi connectivity index (χ0n) is 9.79. The molecule has 1 aromatic carbocycles. The van der Waals surface area contributed by atoms with E-state index in [4.69, 9.17) is 10.5 Å². The number of ether oxygens (including phenoxy) is 1. The first-order valence-corrected chi connectivity index (χ1v) is 5.36. The fourth-order valence-electron chi connectivity index (χ4n) is 2.03. The van der Waals surface area contributed by atoms with Crippen molar-refractivity contribution < 1.29 is 13.9 Å². The summed E-state index contributed by atoms with van der Waals surface area (Å²) >= 11 is 0. The smallest absolute Gasteiger partial charge is 0.241 e. The highest BCUT2D eigenvalue weighted by Crippen LogP contribution is 2.40. The molecule has 90 valence electrons. The first kappa shape index (κ1) is 11.6. The summed E-state index contributed by atoms with van der Waals surface area (Å²) in [5.41, 5.74) is 6.21. The molecule has 0 aromatic heterocycles. The number of fused-ring (bicyclic) bond motifs is 1. The summed E-state index contributed by atoms with van der Waals surface area (Å²) in [6.45, 7) is 3.77. The van der Waals surface area contributed by atoms with Crippen molar-refractivity contribution in [3.63, 3.8) is 0 Å². The second-order valence-corrected chi connectivity index (χ2v) is 4.75. The average molecular weight is 235 g/mol. The van der Waals surface area contributed by atoms with Crippen LogP contribution >= 0.6 is 0 Å². The van der Waals surface area contributed by atoms with E-state index in [1.165, 1.54) is 18.2 Å². The number of carbonyl (C=O) groups excluding carboxylic acids is 1. The third kappa shape index (κ3) is 2.46. The maximum absolute atomic E-state index is 13.1. The monoisotopic (exact) mass is 235 g/mol. The minimum atomic E-state index is -0.507. The number of benzene rings is 1. The van der Waals surface area contributed by atoms with Crippen LogP contribution in [0.3, 0.4) is 0 Å². The number of nitrogens with two attached hydrogens (primary N) is 1. The molecule has 2 N–H and O–H groups in total. The molecule has 1 amide bonds. The SMILES string of the molecule is CC1(C)C/C(=C\C(N)=O)c2ccc(F)cc2O1. The van der Waals surface area contributed by atoms with Gasteiger partial charge in [0.2, 0.25) is 5.91 Å². The van der Waals surface area contributed by atoms with Gasteiger partial charge < -0.3 is 10.5 Å². The van der Waals surface area contributed by atoms with Gasteiger partial charge in [-0.2, -0.15) is 0 Å². The van der Waals surface area contributed by atoms with Crippen LogP contribution in [0.2, 0.25) is 0 Å². The summed E-state index contributed by atoms with van der Waals surface area (Å²) in [7, 11) is 0. The molecule has 2 rings (SSSR count). The lowest BCUT2D eigenvalue weighted by Crippen LogP contribution is -2.32. The zero-order valence-corrected chi connectivity index (χ0v) is 9.79. The highest BCUT2D eigenvalue weighted by atomic mass is 19.1. The number of hydrogen-bond acceptors (Lipinski definition) is 2. The first-order chi connectivity index (χ1) is 7.87. The van der Waals surface area contributed by atoms with E-state index in [1.54, 1.807) is 6.07 Å². The molecule has 0 atom stereocenters. The fourth-order valence-corrected chi connectivity index (χ4v) is 2.03. The topological polar surface area (TPSA) is 52.3 Å². The van der Waals surface area contributed by atoms with Gasteiger partial charge in [0.1, 0.15) is 17.2 Å². The van der Waals surface area contributed by atoms with Crippen molar-refractivity contribution in [3.8, 4) is 5.75 Å². The van der Waals surface area contributed by atoms with Gasteiger partial charge in [0, 0.05) is 24.1 Å². The molecule has 0 spiro atoms. The number of hydrogen-bond donors (Lipinski definition) is 1. The van der Waals surface area contributed by atoms with Crippen LogP contribution in [0, 0.1) is 5.82 Å². The average Bonchev–Trinajstić information content (AvgIpc) is 2.13. The Hall–Kier alpha value is -1.84. The quantitative estimate of drug-likeness (QED) is 0.759. The Morgan fingerprint density at radius 3 is 2.88 bits per heavy atom. The molecule has 0 saturated heterocycles. The Kier molecular flexibility index (Phi) is 2.65. The second-order valence-electron chi connectivity index (χ2n) is 4.75. The molecule has 0 radical (unpaired) electrons. The van der Waals surface area contributed by atoms with Crippen molar-refractivity contribution in [2.24, 2.45) is 5.73 Å². The number of halogens is 1. The van der Waals surface area contributed by atoms with E-state index < -0.39 is 11.5 Å². The van der Waals surface area contributed by atoms with Crippen LogP contribution in [0.15, 0.2) is 24.3 Å². The maximum atomic E-state index is 13.1. The summed E-state index contributed by atoms with van der Waals surface area (Å²) in [4.78, 5) is 11.0. The zero-order chi connectivity index (χ0) is 12.6. The van der Waals surface area contributed by atoms with Gasteiger partial charge in [-0.1, -0.05) is 0 Å². The van der Waals surface area contributed by atoms with Crippen molar-refractivity contribution in [1.29, 1.82) is 0 Å². The number of rotatable bonds is 1. The van der Waals surface area contributed by atoms with Gasteiger partial charge in [0.05, 0.1) is 0 Å². The highest BCUT2D eigenvalue weighted by molar-refractivity contribution is 5.95. The molecule has 1 aliphatic heterocycles. The Balaban J connectivity index is 2.55. The molecule has 0 unspecified atom stereocenters. The molecule has 4 heteroatoms. The van der Waals surface area contributed by atoms with Gasteiger partial charge in [0.15, 0.2) is 0 Å². The summed E-state index contributed by atoms with van der Waals surface area (Å²) in [5.74, 6) is -0.415. The molecule has 17 heavy (non-hydrogen) atoms. The summed E-state index contributed by atoms with van der Waals surface area (Å²) in [5, 5.41) is 0. The van der Waals surface area contributed by atoms with Crippen molar-refractivity contribution in [2.45, 2.75) is 25.9 Å². The minimum Gasteiger partial charge on any atom is -0.487 e. The van der Waals surface area contributed by atoms with E-state index in [0.29, 0.717) is 12.2 Å². The van der Waals surface area contributed by atoms with Crippen LogP contribution in [0.25, 0.3) is 5.57 Å². The highest BCUT2D eigenvalue weighted by Gasteiger charge is 2.30. The lowest BCUT2D eigenvalue weighted by molar-refractivity contribution is -0.113. The van der Waals surface area contributed by atoms with Gasteiger partial charge in [0.25, 0.3) is 0 Å². The molecule has 1 heterocycles. The molecular formula is C13H14FNO2. The number of amides is 1. The van der Waals surface area contributed by atoms with Gasteiger partial charge in [-0.3, -0.25) is 4.79 Å². The summed E-state index contributed by atoms with van der Waals surface area (Å²) < 4.78 is 18.8. The molecule has 0 saturated carbocycles. The molecule has 1 aromatic rings. The van der Waals surface area contributed by atoms with Crippen LogP contribution in [-0.2, 0) is 4.79 Å². The third-order valence-electron chi connectivity index (χ3n) is 2.61. The van der Waals surface area contributed by atoms with Crippen molar-refractivity contribution >= 4 is 11.5 Å². The lowest BCUT2D eigenvalue weighted by Gasteiger charge is -2.34. The number of carbonyl (C=O) groups is 1. The van der Waals surface area contributed by atoms with Crippen LogP contribution < -0.4 is 10.5 Å². The van der Waals surface area contributed by atoms with Gasteiger partial charge in [-0.25, -0.2) is 4.39 Å². The summed E-state index contributed by atoms with van der Waals surface area (Å²) in [6, 6.07) is 4.27. The Morgan fingerprint density at radius 1 is 1.53 bits per heavy atom. The normalized spacial score (nSPS) is 19.6. The second kappa shape index (κ2) is 3.87. The molecule has 0 aliphatic carbocycles. The third-order valence-corrected chi connectivity index (χ3v) is 2.61. The van der Waals surface area contributed by atoms with Crippen LogP contribution in [-0.4, -0.2) is 11.5 Å². The van der Waals surface area contributed by atoms with E-state index in [2.05, 4.69) is 0 Å². The van der Waals surface area contributed by atoms with E-state index in [1.807, 2.05) is 13.8 Å². The van der Waals surface area contributed by atoms with Crippen molar-refractivity contribution in [2.75, 3.05) is 0 Å². The fraction of sp³-hybridized carbons (Fsp3) is 0.308. The van der Waals surface area contributed by atoms with Gasteiger partial charge >= 0.3 is 0 Å². The lowest BCUT2D eigenvalue weighted by atomic mass is 9.89. The molecule has 0 bridgehead atoms. The molecule has 0 fully saturated rings. The predicted octanol–water partition coefficient (Wildman–Crippen LogP) is 2.26. The van der Waals surface area contributed by atoms with Crippen LogP contribution in [0.4, 0.5) is 4.39 Å². The van der Waals surface area contributed by atoms with E-state index in [0.717, 1.165) is 11.1 Å². The molecule has 1 aliphatic rings. The molecule has 3 nitrogen and oxygen atoms in total. The first-order valence-electron chi connectivity index (χ1n) is 5.36. The Morgan fingerprint density at radius 2 is 2.24 bits per heavy atom. The number of primary amides is 1. The predicted molar refractivity (Wildman–Crippen MR) is 62.9 cm³/mol. The Labute approximate surface area is 99.1 Å². The van der Waals surface area contributed by atoms with E-state index in [9.17, 15) is 9.18 Å². The standard InChI is InChI=1S/C13H14FNO2/c1-13(2)7-8(5-12(15)16)10-4-3-9(14)6-11(10)17-13/h3-6H,7H2,1-2H3,(H2,15,16)/b8-5+. The summed E-state index contributed by atoms with van der Waals surface area (Å²) in [6.07, 6.45) is 1.94. The van der Waals surface area contributed by atoms with Crippen molar-refractivity contribution in [3.05, 3.63) is 35.7 Å². The van der Waals surface area contributed by atoms with E-state index in [-0.39, 0.29) is 5.82 Å². The van der Waals surface area contributed by atoms with Gasteiger partial charge in [-0.05, 0) is 31.6 Å². The van der Waals surface area contributed by atoms with Crippen LogP contribution in [0.5, 0.6) is 5.75 Å². The minimum absolute atomic E-state index is 0.361. The Bertz CT molecular complexity index is 506. The van der Waals surface area contributed by atoms with E-state index >= 15 is 0 Å². The van der Waals surface area contributed by atoms with Crippen LogP contribution in [0.1, 0.15) is 25.8 Å². The largest absolute Gasteiger partial charge is 0.487 e. The van der Waals surface area contributed by atoms with Crippen molar-refractivity contribution in [1.82, 2.24) is 0 Å². The van der Waals surface area contributed by atoms with Gasteiger partial charge in [-0.15, -0.1) is 0 Å².